The first kappa shape index (κ1) is 20.5. The number of alkyl halides is 3. The fourth-order valence-electron chi connectivity index (χ4n) is 1.98. The minimum absolute atomic E-state index is 0.104. The third kappa shape index (κ3) is 5.36. The summed E-state index contributed by atoms with van der Waals surface area (Å²) in [4.78, 5) is -0.104. The molecule has 26 heavy (non-hydrogen) atoms. The SMILES string of the molecule is COCCOc1ccc(S(=O)(=O)Nc2ccc(Br)c(C(F)(F)F)c2)cc1. The van der Waals surface area contributed by atoms with Crippen molar-refractivity contribution in [3.05, 3.63) is 52.5 Å². The highest BCUT2D eigenvalue weighted by Gasteiger charge is 2.33. The van der Waals surface area contributed by atoms with Gasteiger partial charge < -0.3 is 9.47 Å². The highest BCUT2D eigenvalue weighted by atomic mass is 79.9. The molecule has 2 aromatic rings. The number of anilines is 1. The first-order valence-corrected chi connectivity index (χ1v) is 9.52. The van der Waals surface area contributed by atoms with Gasteiger partial charge in [-0.2, -0.15) is 13.2 Å². The second kappa shape index (κ2) is 8.28. The fraction of sp³-hybridized carbons (Fsp3) is 0.250. The lowest BCUT2D eigenvalue weighted by atomic mass is 10.2. The van der Waals surface area contributed by atoms with Gasteiger partial charge in [0.05, 0.1) is 17.1 Å². The number of sulfonamides is 1. The largest absolute Gasteiger partial charge is 0.491 e. The Balaban J connectivity index is 2.18. The van der Waals surface area contributed by atoms with Crippen molar-refractivity contribution in [3.8, 4) is 5.75 Å². The predicted octanol–water partition coefficient (Wildman–Crippen LogP) is 4.29. The lowest BCUT2D eigenvalue weighted by Crippen LogP contribution is -2.14. The van der Waals surface area contributed by atoms with E-state index in [1.54, 1.807) is 0 Å². The van der Waals surface area contributed by atoms with E-state index in [4.69, 9.17) is 9.47 Å². The van der Waals surface area contributed by atoms with Gasteiger partial charge in [-0.15, -0.1) is 0 Å². The van der Waals surface area contributed by atoms with Crippen LogP contribution in [-0.4, -0.2) is 28.7 Å². The van der Waals surface area contributed by atoms with Crippen molar-refractivity contribution in [2.24, 2.45) is 0 Å². The number of nitrogens with one attached hydrogen (secondary N) is 1. The van der Waals surface area contributed by atoms with Crippen LogP contribution in [0.2, 0.25) is 0 Å². The molecular weight excluding hydrogens is 439 g/mol. The number of methoxy groups -OCH3 is 1. The lowest BCUT2D eigenvalue weighted by Gasteiger charge is -2.13. The van der Waals surface area contributed by atoms with Gasteiger partial charge in [-0.3, -0.25) is 4.72 Å². The zero-order valence-corrected chi connectivity index (χ0v) is 15.9. The fourth-order valence-corrected chi connectivity index (χ4v) is 3.50. The van der Waals surface area contributed by atoms with Crippen molar-refractivity contribution in [2.45, 2.75) is 11.1 Å². The van der Waals surface area contributed by atoms with Gasteiger partial charge in [-0.1, -0.05) is 15.9 Å². The summed E-state index contributed by atoms with van der Waals surface area (Å²) in [5, 5.41) is 0. The smallest absolute Gasteiger partial charge is 0.417 e. The molecular formula is C16H15BrF3NO4S. The molecule has 0 saturated carbocycles. The first-order valence-electron chi connectivity index (χ1n) is 7.25. The maximum atomic E-state index is 12.9. The summed E-state index contributed by atoms with van der Waals surface area (Å²) in [5.41, 5.74) is -1.17. The molecule has 0 atom stereocenters. The Morgan fingerprint density at radius 3 is 2.31 bits per heavy atom. The van der Waals surface area contributed by atoms with Crippen LogP contribution in [0.15, 0.2) is 51.8 Å². The van der Waals surface area contributed by atoms with Crippen LogP contribution < -0.4 is 9.46 Å². The normalized spacial score (nSPS) is 12.0. The van der Waals surface area contributed by atoms with Gasteiger partial charge in [0.2, 0.25) is 0 Å². The summed E-state index contributed by atoms with van der Waals surface area (Å²) < 4.78 is 75.6. The Morgan fingerprint density at radius 2 is 1.73 bits per heavy atom. The number of hydrogen-bond acceptors (Lipinski definition) is 4. The molecule has 5 nitrogen and oxygen atoms in total. The minimum atomic E-state index is -4.61. The van der Waals surface area contributed by atoms with Crippen molar-refractivity contribution in [1.82, 2.24) is 0 Å². The number of rotatable bonds is 7. The Morgan fingerprint density at radius 1 is 1.08 bits per heavy atom. The second-order valence-electron chi connectivity index (χ2n) is 5.11. The van der Waals surface area contributed by atoms with E-state index in [-0.39, 0.29) is 15.1 Å². The molecule has 0 unspecified atom stereocenters. The summed E-state index contributed by atoms with van der Waals surface area (Å²) in [6.07, 6.45) is -4.61. The summed E-state index contributed by atoms with van der Waals surface area (Å²) in [6.45, 7) is 0.687. The maximum Gasteiger partial charge on any atom is 0.417 e. The molecule has 0 amide bonds. The molecule has 1 N–H and O–H groups in total. The van der Waals surface area contributed by atoms with Gasteiger partial charge in [0, 0.05) is 17.3 Å². The zero-order valence-electron chi connectivity index (χ0n) is 13.5. The summed E-state index contributed by atoms with van der Waals surface area (Å²) in [6, 6.07) is 8.60. The van der Waals surface area contributed by atoms with E-state index >= 15 is 0 Å². The zero-order chi connectivity index (χ0) is 19.4. The van der Waals surface area contributed by atoms with Crippen LogP contribution in [0.4, 0.5) is 18.9 Å². The van der Waals surface area contributed by atoms with Gasteiger partial charge in [0.25, 0.3) is 10.0 Å². The van der Waals surface area contributed by atoms with E-state index in [1.807, 2.05) is 0 Å². The van der Waals surface area contributed by atoms with Crippen molar-refractivity contribution in [1.29, 1.82) is 0 Å². The highest BCUT2D eigenvalue weighted by Crippen LogP contribution is 2.36. The third-order valence-electron chi connectivity index (χ3n) is 3.21. The first-order chi connectivity index (χ1) is 12.1. The molecule has 0 radical (unpaired) electrons. The summed E-state index contributed by atoms with van der Waals surface area (Å²) >= 11 is 2.80. The Bertz CT molecular complexity index is 855. The molecule has 0 aliphatic carbocycles. The highest BCUT2D eigenvalue weighted by molar-refractivity contribution is 9.10. The third-order valence-corrected chi connectivity index (χ3v) is 5.30. The average Bonchev–Trinajstić information content (AvgIpc) is 2.56. The molecule has 142 valence electrons. The number of halogens is 4. The standard InChI is InChI=1S/C16H15BrF3NO4S/c1-24-8-9-25-12-3-5-13(6-4-12)26(22,23)21-11-2-7-15(17)14(10-11)16(18,19)20/h2-7,10,21H,8-9H2,1H3. The molecule has 0 aliphatic rings. The molecule has 0 spiro atoms. The van der Waals surface area contributed by atoms with Crippen molar-refractivity contribution in [3.63, 3.8) is 0 Å². The van der Waals surface area contributed by atoms with Gasteiger partial charge in [-0.25, -0.2) is 8.42 Å². The summed E-state index contributed by atoms with van der Waals surface area (Å²) in [5.74, 6) is 0.448. The Labute approximate surface area is 157 Å². The topological polar surface area (TPSA) is 64.6 Å². The van der Waals surface area contributed by atoms with E-state index in [0.717, 1.165) is 12.1 Å². The number of benzene rings is 2. The van der Waals surface area contributed by atoms with E-state index < -0.39 is 21.8 Å². The lowest BCUT2D eigenvalue weighted by molar-refractivity contribution is -0.138. The van der Waals surface area contributed by atoms with E-state index in [1.165, 1.54) is 37.4 Å². The van der Waals surface area contributed by atoms with Gasteiger partial charge in [0.15, 0.2) is 0 Å². The quantitative estimate of drug-likeness (QED) is 0.634. The second-order valence-corrected chi connectivity index (χ2v) is 7.65. The van der Waals surface area contributed by atoms with Gasteiger partial charge in [-0.05, 0) is 42.5 Å². The number of hydrogen-bond donors (Lipinski definition) is 1. The molecule has 0 bridgehead atoms. The van der Waals surface area contributed by atoms with Crippen LogP contribution >= 0.6 is 15.9 Å². The minimum Gasteiger partial charge on any atom is -0.491 e. The Hall–Kier alpha value is -1.78. The molecule has 0 aliphatic heterocycles. The molecule has 2 rings (SSSR count). The molecule has 0 heterocycles. The maximum absolute atomic E-state index is 12.9. The molecule has 0 fully saturated rings. The van der Waals surface area contributed by atoms with Gasteiger partial charge >= 0.3 is 6.18 Å². The summed E-state index contributed by atoms with van der Waals surface area (Å²) in [7, 11) is -2.52. The molecule has 0 aromatic heterocycles. The van der Waals surface area contributed by atoms with Crippen molar-refractivity contribution < 1.29 is 31.1 Å². The van der Waals surface area contributed by atoms with E-state index in [0.29, 0.717) is 19.0 Å². The van der Waals surface area contributed by atoms with E-state index in [9.17, 15) is 21.6 Å². The van der Waals surface area contributed by atoms with Crippen LogP contribution in [0.1, 0.15) is 5.56 Å². The van der Waals surface area contributed by atoms with Gasteiger partial charge in [0.1, 0.15) is 12.4 Å². The van der Waals surface area contributed by atoms with Crippen LogP contribution in [0.25, 0.3) is 0 Å². The number of ether oxygens (including phenoxy) is 2. The monoisotopic (exact) mass is 453 g/mol. The Kier molecular flexibility index (Phi) is 6.53. The van der Waals surface area contributed by atoms with Crippen LogP contribution in [0, 0.1) is 0 Å². The molecule has 2 aromatic carbocycles. The van der Waals surface area contributed by atoms with Crippen molar-refractivity contribution in [2.75, 3.05) is 25.0 Å². The van der Waals surface area contributed by atoms with Crippen LogP contribution in [0.3, 0.4) is 0 Å². The molecule has 0 saturated heterocycles. The van der Waals surface area contributed by atoms with Crippen molar-refractivity contribution >= 4 is 31.6 Å². The predicted molar refractivity (Wildman–Crippen MR) is 93.8 cm³/mol. The van der Waals surface area contributed by atoms with Crippen LogP contribution in [0.5, 0.6) is 5.75 Å². The average molecular weight is 454 g/mol. The van der Waals surface area contributed by atoms with Crippen LogP contribution in [-0.2, 0) is 20.9 Å². The molecule has 10 heteroatoms. The van der Waals surface area contributed by atoms with E-state index in [2.05, 4.69) is 20.7 Å².